The van der Waals surface area contributed by atoms with Gasteiger partial charge in [0.25, 0.3) is 15.9 Å². The van der Waals surface area contributed by atoms with E-state index < -0.39 is 10.0 Å². The molecule has 1 aliphatic rings. The first-order valence-electron chi connectivity index (χ1n) is 12.6. The number of rotatable bonds is 8. The molecular weight excluding hydrogens is 534 g/mol. The fourth-order valence-electron chi connectivity index (χ4n) is 4.52. The number of anilines is 3. The second-order valence-electron chi connectivity index (χ2n) is 9.34. The Labute approximate surface area is 231 Å². The molecule has 0 bridgehead atoms. The van der Waals surface area contributed by atoms with Gasteiger partial charge in [-0.1, -0.05) is 18.2 Å². The molecule has 1 aromatic heterocycles. The van der Waals surface area contributed by atoms with E-state index in [-0.39, 0.29) is 28.2 Å². The van der Waals surface area contributed by atoms with Crippen LogP contribution < -0.4 is 15.4 Å². The Morgan fingerprint density at radius 2 is 1.64 bits per heavy atom. The van der Waals surface area contributed by atoms with E-state index in [2.05, 4.69) is 25.3 Å². The monoisotopic (exact) mass is 563 g/mol. The lowest BCUT2D eigenvalue weighted by molar-refractivity contribution is 0.0963. The molecule has 1 saturated heterocycles. The Balaban J connectivity index is 1.50. The maximum absolute atomic E-state index is 13.3. The van der Waals surface area contributed by atoms with Crippen molar-refractivity contribution in [3.63, 3.8) is 0 Å². The van der Waals surface area contributed by atoms with Crippen molar-refractivity contribution >= 4 is 56.0 Å². The van der Waals surface area contributed by atoms with Gasteiger partial charge in [0.05, 0.1) is 15.9 Å². The van der Waals surface area contributed by atoms with Gasteiger partial charge < -0.3 is 15.7 Å². The second-order valence-corrected chi connectivity index (χ2v) is 12.3. The maximum Gasteiger partial charge on any atom is 0.263 e. The number of hydrogen-bond donors (Lipinski definition) is 4. The Hall–Kier alpha value is -3.83. The highest BCUT2D eigenvalue weighted by molar-refractivity contribution is 7.99. The van der Waals surface area contributed by atoms with Gasteiger partial charge >= 0.3 is 0 Å². The Kier molecular flexibility index (Phi) is 7.89. The normalized spacial score (nSPS) is 14.2. The standard InChI is InChI=1S/C28H29N5O4S2/c1-29-28(35)19-7-10-22(11-8-19)39(36,37)33-27-26(30-23-4-2-3-5-24(23)31-27)32-25-17-21(34)9-6-20(25)16-18-12-14-38-15-13-18/h2-11,17-18,34H,12-16H2,1H3,(H,29,35)(H,30,32)(H,31,33). The minimum Gasteiger partial charge on any atom is -0.508 e. The van der Waals surface area contributed by atoms with Crippen molar-refractivity contribution in [1.82, 2.24) is 15.3 Å². The van der Waals surface area contributed by atoms with E-state index in [1.165, 1.54) is 31.3 Å². The van der Waals surface area contributed by atoms with Crippen LogP contribution in [0.5, 0.6) is 5.75 Å². The van der Waals surface area contributed by atoms with Crippen LogP contribution in [-0.2, 0) is 16.4 Å². The van der Waals surface area contributed by atoms with E-state index >= 15 is 0 Å². The number of phenolic OH excluding ortho intramolecular Hbond substituents is 1. The fourth-order valence-corrected chi connectivity index (χ4v) is 6.74. The van der Waals surface area contributed by atoms with Crippen molar-refractivity contribution in [3.8, 4) is 5.75 Å². The zero-order chi connectivity index (χ0) is 27.4. The number of nitrogens with zero attached hydrogens (tertiary/aromatic N) is 2. The molecule has 0 aliphatic carbocycles. The summed E-state index contributed by atoms with van der Waals surface area (Å²) >= 11 is 1.97. The smallest absolute Gasteiger partial charge is 0.263 e. The number of thioether (sulfide) groups is 1. The van der Waals surface area contributed by atoms with Gasteiger partial charge in [-0.2, -0.15) is 11.8 Å². The van der Waals surface area contributed by atoms with Crippen LogP contribution in [0, 0.1) is 5.92 Å². The minimum absolute atomic E-state index is 0.0208. The highest BCUT2D eigenvalue weighted by Crippen LogP contribution is 2.34. The number of hydrogen-bond acceptors (Lipinski definition) is 8. The molecule has 4 N–H and O–H groups in total. The number of sulfonamides is 1. The number of nitrogens with one attached hydrogen (secondary N) is 3. The topological polar surface area (TPSA) is 133 Å². The third kappa shape index (κ3) is 6.26. The maximum atomic E-state index is 13.3. The van der Waals surface area contributed by atoms with E-state index in [1.807, 2.05) is 23.9 Å². The molecule has 0 saturated carbocycles. The molecule has 4 aromatic rings. The van der Waals surface area contributed by atoms with Crippen LogP contribution in [0.3, 0.4) is 0 Å². The number of carbonyl (C=O) groups is 1. The van der Waals surface area contributed by atoms with Crippen molar-refractivity contribution in [2.45, 2.75) is 24.2 Å². The summed E-state index contributed by atoms with van der Waals surface area (Å²) in [4.78, 5) is 21.1. The number of para-hydroxylation sites is 2. The first kappa shape index (κ1) is 26.8. The van der Waals surface area contributed by atoms with Crippen molar-refractivity contribution in [2.75, 3.05) is 28.6 Å². The highest BCUT2D eigenvalue weighted by Gasteiger charge is 2.21. The third-order valence-corrected chi connectivity index (χ3v) is 9.06. The van der Waals surface area contributed by atoms with E-state index in [0.717, 1.165) is 36.3 Å². The Morgan fingerprint density at radius 3 is 2.31 bits per heavy atom. The van der Waals surface area contributed by atoms with E-state index in [4.69, 9.17) is 0 Å². The average Bonchev–Trinajstić information content (AvgIpc) is 2.95. The molecule has 0 unspecified atom stereocenters. The number of carbonyl (C=O) groups excluding carboxylic acids is 1. The number of phenols is 1. The minimum atomic E-state index is -4.06. The number of amides is 1. The lowest BCUT2D eigenvalue weighted by Crippen LogP contribution is -2.19. The largest absolute Gasteiger partial charge is 0.508 e. The van der Waals surface area contributed by atoms with E-state index in [9.17, 15) is 18.3 Å². The van der Waals surface area contributed by atoms with Gasteiger partial charge in [-0.15, -0.1) is 0 Å². The molecule has 9 nitrogen and oxygen atoms in total. The first-order chi connectivity index (χ1) is 18.8. The zero-order valence-electron chi connectivity index (χ0n) is 21.3. The molecule has 5 rings (SSSR count). The lowest BCUT2D eigenvalue weighted by Gasteiger charge is -2.23. The van der Waals surface area contributed by atoms with Crippen LogP contribution in [0.1, 0.15) is 28.8 Å². The van der Waals surface area contributed by atoms with Crippen LogP contribution in [0.25, 0.3) is 11.0 Å². The molecule has 202 valence electrons. The summed E-state index contributed by atoms with van der Waals surface area (Å²) in [5, 5.41) is 16.0. The lowest BCUT2D eigenvalue weighted by atomic mass is 9.93. The number of aromatic hydroxyl groups is 1. The average molecular weight is 564 g/mol. The zero-order valence-corrected chi connectivity index (χ0v) is 23.0. The van der Waals surface area contributed by atoms with Gasteiger partial charge in [0.15, 0.2) is 11.6 Å². The molecule has 11 heteroatoms. The van der Waals surface area contributed by atoms with Crippen molar-refractivity contribution < 1.29 is 18.3 Å². The van der Waals surface area contributed by atoms with Gasteiger partial charge in [0, 0.05) is 24.4 Å². The second kappa shape index (κ2) is 11.5. The van der Waals surface area contributed by atoms with E-state index in [1.54, 1.807) is 30.3 Å². The first-order valence-corrected chi connectivity index (χ1v) is 15.2. The molecule has 1 fully saturated rings. The van der Waals surface area contributed by atoms with Crippen LogP contribution in [0.15, 0.2) is 71.6 Å². The quantitative estimate of drug-likeness (QED) is 0.237. The molecule has 1 amide bonds. The summed E-state index contributed by atoms with van der Waals surface area (Å²) in [7, 11) is -2.56. The predicted octanol–water partition coefficient (Wildman–Crippen LogP) is 4.93. The van der Waals surface area contributed by atoms with Crippen molar-refractivity contribution in [2.24, 2.45) is 5.92 Å². The third-order valence-electron chi connectivity index (χ3n) is 6.65. The SMILES string of the molecule is CNC(=O)c1ccc(S(=O)(=O)Nc2nc3ccccc3nc2Nc2cc(O)ccc2CC2CCSCC2)cc1. The highest BCUT2D eigenvalue weighted by atomic mass is 32.2. The molecule has 0 spiro atoms. The summed E-state index contributed by atoms with van der Waals surface area (Å²) in [5.74, 6) is 2.82. The molecular formula is C28H29N5O4S2. The Bertz CT molecular complexity index is 1600. The summed E-state index contributed by atoms with van der Waals surface area (Å²) in [6.45, 7) is 0. The molecule has 39 heavy (non-hydrogen) atoms. The summed E-state index contributed by atoms with van der Waals surface area (Å²) in [6, 6.07) is 18.0. The van der Waals surface area contributed by atoms with Gasteiger partial charge in [0.1, 0.15) is 5.75 Å². The van der Waals surface area contributed by atoms with Gasteiger partial charge in [-0.25, -0.2) is 18.4 Å². The molecule has 3 aromatic carbocycles. The summed E-state index contributed by atoms with van der Waals surface area (Å²) in [5.41, 5.74) is 3.11. The fraction of sp³-hybridized carbons (Fsp3) is 0.250. The summed E-state index contributed by atoms with van der Waals surface area (Å²) < 4.78 is 29.2. The van der Waals surface area contributed by atoms with Gasteiger partial charge in [-0.05, 0) is 84.7 Å². The van der Waals surface area contributed by atoms with Crippen LogP contribution in [0.2, 0.25) is 0 Å². The number of aromatic nitrogens is 2. The Morgan fingerprint density at radius 1 is 0.974 bits per heavy atom. The van der Waals surface area contributed by atoms with Gasteiger partial charge in [-0.3, -0.25) is 9.52 Å². The number of fused-ring (bicyclic) bond motifs is 1. The van der Waals surface area contributed by atoms with Gasteiger partial charge in [0.2, 0.25) is 0 Å². The predicted molar refractivity (Wildman–Crippen MR) is 155 cm³/mol. The van der Waals surface area contributed by atoms with E-state index in [0.29, 0.717) is 28.2 Å². The van der Waals surface area contributed by atoms with Crippen LogP contribution >= 0.6 is 11.8 Å². The molecule has 0 radical (unpaired) electrons. The van der Waals surface area contributed by atoms with Crippen molar-refractivity contribution in [1.29, 1.82) is 0 Å². The number of benzene rings is 3. The summed E-state index contributed by atoms with van der Waals surface area (Å²) in [6.07, 6.45) is 3.10. The molecule has 1 aliphatic heterocycles. The molecule has 0 atom stereocenters. The van der Waals surface area contributed by atoms with Crippen molar-refractivity contribution in [3.05, 3.63) is 77.9 Å². The molecule has 2 heterocycles. The van der Waals surface area contributed by atoms with Crippen LogP contribution in [0.4, 0.5) is 17.3 Å². The van der Waals surface area contributed by atoms with Crippen LogP contribution in [-0.4, -0.2) is 48.0 Å².